The largest absolute Gasteiger partial charge is 0.351 e. The number of nitrogens with zero attached hydrogens (tertiary/aromatic N) is 2. The molecule has 2 fully saturated rings. The topological polar surface area (TPSA) is 35.6 Å². The Balaban J connectivity index is 1.71. The Bertz CT molecular complexity index is 230. The first kappa shape index (κ1) is 10.9. The molecule has 1 N–H and O–H groups in total. The molecule has 0 spiro atoms. The highest BCUT2D eigenvalue weighted by atomic mass is 16.2. The van der Waals surface area contributed by atoms with Crippen LogP contribution < -0.4 is 5.32 Å². The Morgan fingerprint density at radius 3 is 2.27 bits per heavy atom. The third-order valence-electron chi connectivity index (χ3n) is 3.50. The van der Waals surface area contributed by atoms with Crippen molar-refractivity contribution >= 4 is 5.91 Å². The van der Waals surface area contributed by atoms with Gasteiger partial charge in [0, 0.05) is 19.0 Å². The molecule has 2 saturated heterocycles. The van der Waals surface area contributed by atoms with Gasteiger partial charge in [0.05, 0.1) is 6.04 Å². The highest BCUT2D eigenvalue weighted by molar-refractivity contribution is 5.79. The number of carbonyl (C=O) groups is 1. The van der Waals surface area contributed by atoms with E-state index in [0.717, 1.165) is 39.0 Å². The zero-order chi connectivity index (χ0) is 10.8. The summed E-state index contributed by atoms with van der Waals surface area (Å²) in [6.45, 7) is 4.14. The Hall–Kier alpha value is -0.610. The van der Waals surface area contributed by atoms with Crippen molar-refractivity contribution in [3.8, 4) is 0 Å². The van der Waals surface area contributed by atoms with Gasteiger partial charge in [0.2, 0.25) is 5.91 Å². The molecular formula is C11H21N3O. The van der Waals surface area contributed by atoms with Gasteiger partial charge in [-0.25, -0.2) is 0 Å². The van der Waals surface area contributed by atoms with Crippen LogP contribution in [0.5, 0.6) is 0 Å². The van der Waals surface area contributed by atoms with Crippen LogP contribution in [0, 0.1) is 5.92 Å². The number of amides is 1. The zero-order valence-corrected chi connectivity index (χ0v) is 9.70. The standard InChI is InChI=1S/C11H21N3O/c1-13-5-3-9(4-6-13)11(15)12-10-7-14(2)8-10/h9-10H,3-8H2,1-2H3,(H,12,15). The number of hydrogen-bond acceptors (Lipinski definition) is 3. The Morgan fingerprint density at radius 2 is 1.73 bits per heavy atom. The van der Waals surface area contributed by atoms with Crippen LogP contribution in [0.25, 0.3) is 0 Å². The van der Waals surface area contributed by atoms with Crippen LogP contribution in [0.1, 0.15) is 12.8 Å². The van der Waals surface area contributed by atoms with Crippen molar-refractivity contribution in [3.05, 3.63) is 0 Å². The molecule has 1 amide bonds. The predicted molar refractivity (Wildman–Crippen MR) is 59.6 cm³/mol. The van der Waals surface area contributed by atoms with Crippen molar-refractivity contribution < 1.29 is 4.79 Å². The summed E-state index contributed by atoms with van der Waals surface area (Å²) in [6, 6.07) is 0.405. The summed E-state index contributed by atoms with van der Waals surface area (Å²) < 4.78 is 0. The van der Waals surface area contributed by atoms with E-state index in [0.29, 0.717) is 6.04 Å². The van der Waals surface area contributed by atoms with Gasteiger partial charge in [-0.05, 0) is 40.0 Å². The molecule has 2 rings (SSSR count). The highest BCUT2D eigenvalue weighted by Gasteiger charge is 2.29. The first-order valence-electron chi connectivity index (χ1n) is 5.82. The fraction of sp³-hybridized carbons (Fsp3) is 0.909. The van der Waals surface area contributed by atoms with Crippen molar-refractivity contribution in [2.75, 3.05) is 40.3 Å². The lowest BCUT2D eigenvalue weighted by atomic mass is 9.95. The summed E-state index contributed by atoms with van der Waals surface area (Å²) in [5, 5.41) is 3.13. The van der Waals surface area contributed by atoms with E-state index in [1.54, 1.807) is 0 Å². The van der Waals surface area contributed by atoms with Crippen molar-refractivity contribution in [1.82, 2.24) is 15.1 Å². The molecule has 86 valence electrons. The first-order valence-corrected chi connectivity index (χ1v) is 5.82. The maximum absolute atomic E-state index is 11.9. The number of rotatable bonds is 2. The van der Waals surface area contributed by atoms with Gasteiger partial charge in [0.1, 0.15) is 0 Å². The van der Waals surface area contributed by atoms with Crippen molar-refractivity contribution in [1.29, 1.82) is 0 Å². The SMILES string of the molecule is CN1CCC(C(=O)NC2CN(C)C2)CC1. The second kappa shape index (κ2) is 4.49. The monoisotopic (exact) mass is 211 g/mol. The molecule has 0 radical (unpaired) electrons. The van der Waals surface area contributed by atoms with Gasteiger partial charge in [0.25, 0.3) is 0 Å². The Labute approximate surface area is 91.6 Å². The van der Waals surface area contributed by atoms with Gasteiger partial charge in [-0.3, -0.25) is 4.79 Å². The average Bonchev–Trinajstić information content (AvgIpc) is 2.16. The minimum absolute atomic E-state index is 0.257. The van der Waals surface area contributed by atoms with Crippen LogP contribution in [0.4, 0.5) is 0 Å². The average molecular weight is 211 g/mol. The van der Waals surface area contributed by atoms with Crippen LogP contribution in [0.2, 0.25) is 0 Å². The lowest BCUT2D eigenvalue weighted by Crippen LogP contribution is -2.58. The second-order valence-corrected chi connectivity index (χ2v) is 5.00. The number of likely N-dealkylation sites (tertiary alicyclic amines) is 2. The van der Waals surface area contributed by atoms with Crippen LogP contribution in [0.3, 0.4) is 0 Å². The smallest absolute Gasteiger partial charge is 0.223 e. The van der Waals surface area contributed by atoms with Crippen molar-refractivity contribution in [2.45, 2.75) is 18.9 Å². The van der Waals surface area contributed by atoms with Gasteiger partial charge >= 0.3 is 0 Å². The minimum Gasteiger partial charge on any atom is -0.351 e. The molecule has 0 aromatic carbocycles. The first-order chi connectivity index (χ1) is 7.15. The Morgan fingerprint density at radius 1 is 1.13 bits per heavy atom. The van der Waals surface area contributed by atoms with E-state index in [-0.39, 0.29) is 11.8 Å². The predicted octanol–water partition coefficient (Wildman–Crippen LogP) is -0.242. The number of nitrogens with one attached hydrogen (secondary N) is 1. The molecule has 0 aromatic heterocycles. The van der Waals surface area contributed by atoms with E-state index in [1.807, 2.05) is 0 Å². The van der Waals surface area contributed by atoms with E-state index in [1.165, 1.54) is 0 Å². The van der Waals surface area contributed by atoms with E-state index < -0.39 is 0 Å². The third kappa shape index (κ3) is 2.69. The lowest BCUT2D eigenvalue weighted by Gasteiger charge is -2.38. The molecule has 2 heterocycles. The van der Waals surface area contributed by atoms with E-state index in [9.17, 15) is 4.79 Å². The normalized spacial score (nSPS) is 26.3. The minimum atomic E-state index is 0.257. The van der Waals surface area contributed by atoms with Gasteiger partial charge in [-0.2, -0.15) is 0 Å². The Kier molecular flexibility index (Phi) is 3.26. The molecule has 2 aliphatic rings. The number of carbonyl (C=O) groups excluding carboxylic acids is 1. The molecular weight excluding hydrogens is 190 g/mol. The summed E-state index contributed by atoms with van der Waals surface area (Å²) in [5.41, 5.74) is 0. The molecule has 4 nitrogen and oxygen atoms in total. The zero-order valence-electron chi connectivity index (χ0n) is 9.70. The van der Waals surface area contributed by atoms with Gasteiger partial charge in [0.15, 0.2) is 0 Å². The fourth-order valence-electron chi connectivity index (χ4n) is 2.38. The molecule has 15 heavy (non-hydrogen) atoms. The van der Waals surface area contributed by atoms with Crippen LogP contribution in [0.15, 0.2) is 0 Å². The maximum Gasteiger partial charge on any atom is 0.223 e. The summed E-state index contributed by atoms with van der Waals surface area (Å²) in [4.78, 5) is 16.4. The number of likely N-dealkylation sites (N-methyl/N-ethyl adjacent to an activating group) is 1. The summed E-state index contributed by atoms with van der Waals surface area (Å²) in [6.07, 6.45) is 2.04. The maximum atomic E-state index is 11.9. The van der Waals surface area contributed by atoms with Crippen LogP contribution >= 0.6 is 0 Å². The van der Waals surface area contributed by atoms with E-state index >= 15 is 0 Å². The van der Waals surface area contributed by atoms with Gasteiger partial charge in [-0.15, -0.1) is 0 Å². The summed E-state index contributed by atoms with van der Waals surface area (Å²) in [7, 11) is 4.20. The molecule has 4 heteroatoms. The highest BCUT2D eigenvalue weighted by Crippen LogP contribution is 2.16. The number of piperidine rings is 1. The van der Waals surface area contributed by atoms with E-state index in [2.05, 4.69) is 29.2 Å². The molecule has 0 aromatic rings. The number of hydrogen-bond donors (Lipinski definition) is 1. The van der Waals surface area contributed by atoms with Gasteiger partial charge < -0.3 is 15.1 Å². The fourth-order valence-corrected chi connectivity index (χ4v) is 2.38. The molecule has 0 atom stereocenters. The molecule has 0 unspecified atom stereocenters. The van der Waals surface area contributed by atoms with Crippen molar-refractivity contribution in [3.63, 3.8) is 0 Å². The van der Waals surface area contributed by atoms with Crippen molar-refractivity contribution in [2.24, 2.45) is 5.92 Å². The summed E-state index contributed by atoms with van der Waals surface area (Å²) >= 11 is 0. The van der Waals surface area contributed by atoms with E-state index in [4.69, 9.17) is 0 Å². The van der Waals surface area contributed by atoms with Crippen LogP contribution in [-0.2, 0) is 4.79 Å². The molecule has 2 aliphatic heterocycles. The quantitative estimate of drug-likeness (QED) is 0.684. The lowest BCUT2D eigenvalue weighted by molar-refractivity contribution is -0.128. The van der Waals surface area contributed by atoms with Crippen LogP contribution in [-0.4, -0.2) is 62.0 Å². The molecule has 0 bridgehead atoms. The molecule has 0 saturated carbocycles. The third-order valence-corrected chi connectivity index (χ3v) is 3.50. The van der Waals surface area contributed by atoms with Gasteiger partial charge in [-0.1, -0.05) is 0 Å². The summed E-state index contributed by atoms with van der Waals surface area (Å²) in [5.74, 6) is 0.535. The molecule has 0 aliphatic carbocycles. The second-order valence-electron chi connectivity index (χ2n) is 5.00.